The SMILES string of the molecule is CCOCCS(=O)(=O)N[C@H](CC)C(=O)O. The van der Waals surface area contributed by atoms with Crippen LogP contribution in [-0.2, 0) is 19.6 Å². The Hall–Kier alpha value is -0.660. The molecule has 0 rings (SSSR count). The molecule has 2 N–H and O–H groups in total. The molecule has 0 aliphatic rings. The number of sulfonamides is 1. The Morgan fingerprint density at radius 2 is 2.07 bits per heavy atom. The number of ether oxygens (including phenoxy) is 1. The summed E-state index contributed by atoms with van der Waals surface area (Å²) < 4.78 is 29.6. The summed E-state index contributed by atoms with van der Waals surface area (Å²) in [6, 6.07) is -1.06. The van der Waals surface area contributed by atoms with Gasteiger partial charge in [-0.1, -0.05) is 6.92 Å². The predicted molar refractivity (Wildman–Crippen MR) is 55.1 cm³/mol. The van der Waals surface area contributed by atoms with Crippen LogP contribution in [0.15, 0.2) is 0 Å². The van der Waals surface area contributed by atoms with E-state index in [2.05, 4.69) is 4.72 Å². The van der Waals surface area contributed by atoms with Gasteiger partial charge in [-0.15, -0.1) is 0 Å². The van der Waals surface area contributed by atoms with Crippen LogP contribution in [0.5, 0.6) is 0 Å². The van der Waals surface area contributed by atoms with Crippen molar-refractivity contribution in [1.29, 1.82) is 0 Å². The Kier molecular flexibility index (Phi) is 6.46. The second kappa shape index (κ2) is 6.76. The normalized spacial score (nSPS) is 13.7. The number of hydrogen-bond acceptors (Lipinski definition) is 4. The molecule has 1 atom stereocenters. The highest BCUT2D eigenvalue weighted by molar-refractivity contribution is 7.89. The van der Waals surface area contributed by atoms with Gasteiger partial charge in [-0.2, -0.15) is 0 Å². The highest BCUT2D eigenvalue weighted by atomic mass is 32.2. The van der Waals surface area contributed by atoms with Gasteiger partial charge in [0.1, 0.15) is 6.04 Å². The van der Waals surface area contributed by atoms with Crippen molar-refractivity contribution >= 4 is 16.0 Å². The van der Waals surface area contributed by atoms with Gasteiger partial charge in [0, 0.05) is 6.61 Å². The number of nitrogens with one attached hydrogen (secondary N) is 1. The molecule has 0 aromatic rings. The quantitative estimate of drug-likeness (QED) is 0.572. The first-order chi connectivity index (χ1) is 6.93. The maximum absolute atomic E-state index is 11.3. The molecule has 0 spiro atoms. The van der Waals surface area contributed by atoms with E-state index >= 15 is 0 Å². The van der Waals surface area contributed by atoms with Gasteiger partial charge in [-0.05, 0) is 13.3 Å². The van der Waals surface area contributed by atoms with Crippen molar-refractivity contribution in [3.63, 3.8) is 0 Å². The number of carbonyl (C=O) groups is 1. The Morgan fingerprint density at radius 3 is 2.47 bits per heavy atom. The minimum absolute atomic E-state index is 0.0713. The Balaban J connectivity index is 4.17. The Labute approximate surface area is 89.7 Å². The fourth-order valence-corrected chi connectivity index (χ4v) is 2.05. The molecule has 0 aliphatic heterocycles. The van der Waals surface area contributed by atoms with Crippen molar-refractivity contribution in [1.82, 2.24) is 4.72 Å². The summed E-state index contributed by atoms with van der Waals surface area (Å²) in [4.78, 5) is 10.6. The molecule has 0 radical (unpaired) electrons. The highest BCUT2D eigenvalue weighted by Crippen LogP contribution is 1.95. The maximum Gasteiger partial charge on any atom is 0.321 e. The van der Waals surface area contributed by atoms with Crippen molar-refractivity contribution in [3.8, 4) is 0 Å². The molecule has 6 nitrogen and oxygen atoms in total. The van der Waals surface area contributed by atoms with Crippen molar-refractivity contribution < 1.29 is 23.1 Å². The molecular weight excluding hydrogens is 222 g/mol. The molecule has 0 saturated carbocycles. The average molecular weight is 239 g/mol. The van der Waals surface area contributed by atoms with E-state index in [0.717, 1.165) is 0 Å². The molecule has 0 fully saturated rings. The zero-order valence-corrected chi connectivity index (χ0v) is 9.71. The lowest BCUT2D eigenvalue weighted by Crippen LogP contribution is -2.41. The predicted octanol–water partition coefficient (Wildman–Crippen LogP) is -0.194. The van der Waals surface area contributed by atoms with Crippen molar-refractivity contribution in [2.75, 3.05) is 19.0 Å². The number of aliphatic carboxylic acids is 1. The van der Waals surface area contributed by atoms with Crippen molar-refractivity contribution in [3.05, 3.63) is 0 Å². The van der Waals surface area contributed by atoms with Crippen LogP contribution in [0.3, 0.4) is 0 Å². The fraction of sp³-hybridized carbons (Fsp3) is 0.875. The fourth-order valence-electron chi connectivity index (χ4n) is 0.897. The van der Waals surface area contributed by atoms with E-state index in [1.807, 2.05) is 0 Å². The molecule has 0 unspecified atom stereocenters. The van der Waals surface area contributed by atoms with Gasteiger partial charge in [0.2, 0.25) is 10.0 Å². The number of carboxylic acids is 1. The average Bonchev–Trinajstić information content (AvgIpc) is 2.14. The molecule has 90 valence electrons. The van der Waals surface area contributed by atoms with E-state index in [9.17, 15) is 13.2 Å². The second-order valence-corrected chi connectivity index (χ2v) is 4.81. The summed E-state index contributed by atoms with van der Waals surface area (Å²) in [5.41, 5.74) is 0. The summed E-state index contributed by atoms with van der Waals surface area (Å²) in [7, 11) is -3.57. The third kappa shape index (κ3) is 6.43. The molecule has 0 saturated heterocycles. The van der Waals surface area contributed by atoms with Crippen LogP contribution in [0.25, 0.3) is 0 Å². The largest absolute Gasteiger partial charge is 0.480 e. The lowest BCUT2D eigenvalue weighted by Gasteiger charge is -2.12. The van der Waals surface area contributed by atoms with E-state index in [1.165, 1.54) is 0 Å². The zero-order valence-electron chi connectivity index (χ0n) is 8.89. The first kappa shape index (κ1) is 14.3. The molecule has 0 heterocycles. The number of hydrogen-bond donors (Lipinski definition) is 2. The van der Waals surface area contributed by atoms with Crippen LogP contribution in [-0.4, -0.2) is 44.5 Å². The standard InChI is InChI=1S/C8H17NO5S/c1-3-7(8(10)11)9-15(12,13)6-5-14-4-2/h7,9H,3-6H2,1-2H3,(H,10,11)/t7-/m1/s1. The minimum atomic E-state index is -3.57. The third-order valence-electron chi connectivity index (χ3n) is 1.73. The van der Waals surface area contributed by atoms with Gasteiger partial charge in [-0.25, -0.2) is 13.1 Å². The zero-order chi connectivity index (χ0) is 11.9. The second-order valence-electron chi connectivity index (χ2n) is 2.93. The lowest BCUT2D eigenvalue weighted by molar-refractivity contribution is -0.139. The molecule has 0 bridgehead atoms. The van der Waals surface area contributed by atoms with Crippen LogP contribution in [0, 0.1) is 0 Å². The van der Waals surface area contributed by atoms with E-state index < -0.39 is 22.0 Å². The monoisotopic (exact) mass is 239 g/mol. The van der Waals surface area contributed by atoms with Crippen molar-refractivity contribution in [2.45, 2.75) is 26.3 Å². The van der Waals surface area contributed by atoms with Crippen LogP contribution in [0.1, 0.15) is 20.3 Å². The summed E-state index contributed by atoms with van der Waals surface area (Å²) in [5.74, 6) is -1.39. The van der Waals surface area contributed by atoms with Crippen LogP contribution >= 0.6 is 0 Å². The highest BCUT2D eigenvalue weighted by Gasteiger charge is 2.21. The summed E-state index contributed by atoms with van der Waals surface area (Å²) in [5, 5.41) is 8.65. The molecule has 0 aromatic heterocycles. The van der Waals surface area contributed by atoms with Crippen LogP contribution < -0.4 is 4.72 Å². The van der Waals surface area contributed by atoms with E-state index in [4.69, 9.17) is 9.84 Å². The minimum Gasteiger partial charge on any atom is -0.480 e. The van der Waals surface area contributed by atoms with Gasteiger partial charge in [0.25, 0.3) is 0 Å². The molecule has 0 aliphatic carbocycles. The molecule has 15 heavy (non-hydrogen) atoms. The Bertz CT molecular complexity index is 287. The summed E-state index contributed by atoms with van der Waals surface area (Å²) >= 11 is 0. The number of rotatable bonds is 8. The lowest BCUT2D eigenvalue weighted by atomic mass is 10.2. The molecule has 0 amide bonds. The van der Waals surface area contributed by atoms with Crippen LogP contribution in [0.2, 0.25) is 0 Å². The first-order valence-corrected chi connectivity index (χ1v) is 6.38. The van der Waals surface area contributed by atoms with E-state index in [1.54, 1.807) is 13.8 Å². The van der Waals surface area contributed by atoms with Gasteiger partial charge in [0.05, 0.1) is 12.4 Å². The van der Waals surface area contributed by atoms with Gasteiger partial charge >= 0.3 is 5.97 Å². The molecule has 0 aromatic carbocycles. The van der Waals surface area contributed by atoms with Crippen LogP contribution in [0.4, 0.5) is 0 Å². The van der Waals surface area contributed by atoms with Crippen molar-refractivity contribution in [2.24, 2.45) is 0 Å². The third-order valence-corrected chi connectivity index (χ3v) is 3.08. The topological polar surface area (TPSA) is 92.7 Å². The van der Waals surface area contributed by atoms with E-state index in [-0.39, 0.29) is 18.8 Å². The number of carboxylic acid groups (broad SMARTS) is 1. The smallest absolute Gasteiger partial charge is 0.321 e. The first-order valence-electron chi connectivity index (χ1n) is 4.73. The summed E-state index contributed by atoms with van der Waals surface area (Å²) in [6.45, 7) is 3.86. The summed E-state index contributed by atoms with van der Waals surface area (Å²) in [6.07, 6.45) is 0.212. The van der Waals surface area contributed by atoms with E-state index in [0.29, 0.717) is 6.61 Å². The van der Waals surface area contributed by atoms with Gasteiger partial charge in [-0.3, -0.25) is 4.79 Å². The van der Waals surface area contributed by atoms with Gasteiger partial charge < -0.3 is 9.84 Å². The molecule has 7 heteroatoms. The van der Waals surface area contributed by atoms with Gasteiger partial charge in [0.15, 0.2) is 0 Å². The maximum atomic E-state index is 11.3. The Morgan fingerprint density at radius 1 is 1.47 bits per heavy atom. The molecular formula is C8H17NO5S.